The number of hydrogen-bond donors (Lipinski definition) is 2. The van der Waals surface area contributed by atoms with Crippen molar-refractivity contribution in [1.82, 2.24) is 5.32 Å². The molecule has 2 amide bonds. The molecule has 0 saturated carbocycles. The minimum absolute atomic E-state index is 0.00524. The molecule has 7 heteroatoms. The maximum Gasteiger partial charge on any atom is 0.251 e. The Kier molecular flexibility index (Phi) is 5.96. The maximum absolute atomic E-state index is 13.5. The molecule has 0 saturated heterocycles. The fourth-order valence-corrected chi connectivity index (χ4v) is 2.10. The minimum Gasteiger partial charge on any atom is -0.352 e. The summed E-state index contributed by atoms with van der Waals surface area (Å²) >= 11 is 11.5. The van der Waals surface area contributed by atoms with Gasteiger partial charge < -0.3 is 10.6 Å². The smallest absolute Gasteiger partial charge is 0.251 e. The second-order valence-corrected chi connectivity index (χ2v) is 5.56. The normalized spacial score (nSPS) is 10.2. The van der Waals surface area contributed by atoms with Crippen LogP contribution in [0, 0.1) is 5.82 Å². The minimum atomic E-state index is -0.576. The monoisotopic (exact) mass is 354 g/mol. The molecule has 0 bridgehead atoms. The van der Waals surface area contributed by atoms with Gasteiger partial charge in [-0.3, -0.25) is 9.59 Å². The topological polar surface area (TPSA) is 58.2 Å². The third-order valence-corrected chi connectivity index (χ3v) is 3.43. The van der Waals surface area contributed by atoms with Crippen molar-refractivity contribution in [1.29, 1.82) is 0 Å². The first kappa shape index (κ1) is 17.2. The van der Waals surface area contributed by atoms with Crippen LogP contribution in [0.3, 0.4) is 0 Å². The lowest BCUT2D eigenvalue weighted by Crippen LogP contribution is -2.27. The van der Waals surface area contributed by atoms with E-state index in [1.807, 2.05) is 0 Å². The van der Waals surface area contributed by atoms with E-state index >= 15 is 0 Å². The fraction of sp³-hybridized carbons (Fsp3) is 0.125. The number of anilines is 1. The number of nitrogens with one attached hydrogen (secondary N) is 2. The van der Waals surface area contributed by atoms with E-state index in [9.17, 15) is 14.0 Å². The summed E-state index contributed by atoms with van der Waals surface area (Å²) in [7, 11) is 0. The van der Waals surface area contributed by atoms with Crippen molar-refractivity contribution in [3.8, 4) is 0 Å². The molecule has 0 atom stereocenters. The van der Waals surface area contributed by atoms with Crippen LogP contribution < -0.4 is 10.6 Å². The van der Waals surface area contributed by atoms with Crippen LogP contribution in [0.25, 0.3) is 0 Å². The Morgan fingerprint density at radius 3 is 2.35 bits per heavy atom. The van der Waals surface area contributed by atoms with E-state index in [-0.39, 0.29) is 24.6 Å². The summed E-state index contributed by atoms with van der Waals surface area (Å²) < 4.78 is 13.5. The highest BCUT2D eigenvalue weighted by Crippen LogP contribution is 2.19. The van der Waals surface area contributed by atoms with Crippen LogP contribution in [0.5, 0.6) is 0 Å². The van der Waals surface area contributed by atoms with Gasteiger partial charge in [-0.05, 0) is 42.5 Å². The second-order valence-electron chi connectivity index (χ2n) is 4.69. The van der Waals surface area contributed by atoms with Crippen LogP contribution in [-0.4, -0.2) is 18.4 Å². The zero-order chi connectivity index (χ0) is 16.8. The van der Waals surface area contributed by atoms with Crippen molar-refractivity contribution in [2.75, 3.05) is 11.9 Å². The van der Waals surface area contributed by atoms with Crippen LogP contribution in [0.4, 0.5) is 10.1 Å². The van der Waals surface area contributed by atoms with E-state index in [0.29, 0.717) is 15.6 Å². The molecule has 2 aromatic rings. The van der Waals surface area contributed by atoms with E-state index in [4.69, 9.17) is 23.2 Å². The van der Waals surface area contributed by atoms with Gasteiger partial charge in [0.2, 0.25) is 5.91 Å². The average molecular weight is 355 g/mol. The lowest BCUT2D eigenvalue weighted by atomic mass is 10.2. The van der Waals surface area contributed by atoms with Crippen molar-refractivity contribution in [3.05, 3.63) is 63.9 Å². The molecule has 0 unspecified atom stereocenters. The highest BCUT2D eigenvalue weighted by atomic mass is 35.5. The standard InChI is InChI=1S/C16H13Cl2FN2O2/c17-11-3-1-10(2-4-11)16(23)20-8-7-15(22)21-14-9-12(18)5-6-13(14)19/h1-6,9H,7-8H2,(H,20,23)(H,21,22). The van der Waals surface area contributed by atoms with Gasteiger partial charge >= 0.3 is 0 Å². The van der Waals surface area contributed by atoms with Gasteiger partial charge in [0.05, 0.1) is 5.69 Å². The quantitative estimate of drug-likeness (QED) is 0.855. The molecule has 0 aliphatic heterocycles. The van der Waals surface area contributed by atoms with Gasteiger partial charge in [0.1, 0.15) is 5.82 Å². The summed E-state index contributed by atoms with van der Waals surface area (Å²) in [5.74, 6) is -1.32. The molecule has 2 rings (SSSR count). The fourth-order valence-electron chi connectivity index (χ4n) is 1.80. The lowest BCUT2D eigenvalue weighted by Gasteiger charge is -2.08. The first-order valence-electron chi connectivity index (χ1n) is 6.74. The maximum atomic E-state index is 13.5. The summed E-state index contributed by atoms with van der Waals surface area (Å²) in [5.41, 5.74) is 0.447. The van der Waals surface area contributed by atoms with Crippen LogP contribution in [0.1, 0.15) is 16.8 Å². The third-order valence-electron chi connectivity index (χ3n) is 2.95. The van der Waals surface area contributed by atoms with Gasteiger partial charge in [-0.15, -0.1) is 0 Å². The molecule has 0 aliphatic rings. The Bertz CT molecular complexity index is 721. The van der Waals surface area contributed by atoms with E-state index in [1.165, 1.54) is 18.2 Å². The molecule has 2 N–H and O–H groups in total. The highest BCUT2D eigenvalue weighted by molar-refractivity contribution is 6.31. The number of hydrogen-bond acceptors (Lipinski definition) is 2. The van der Waals surface area contributed by atoms with Gasteiger partial charge in [-0.1, -0.05) is 23.2 Å². The van der Waals surface area contributed by atoms with Gasteiger partial charge in [0, 0.05) is 28.6 Å². The molecular weight excluding hydrogens is 342 g/mol. The Balaban J connectivity index is 1.81. The number of carbonyl (C=O) groups excluding carboxylic acids is 2. The van der Waals surface area contributed by atoms with Crippen molar-refractivity contribution in [2.45, 2.75) is 6.42 Å². The Morgan fingerprint density at radius 2 is 1.65 bits per heavy atom. The largest absolute Gasteiger partial charge is 0.352 e. The predicted octanol–water partition coefficient (Wildman–Crippen LogP) is 3.89. The Hall–Kier alpha value is -2.11. The predicted molar refractivity (Wildman–Crippen MR) is 88.4 cm³/mol. The summed E-state index contributed by atoms with van der Waals surface area (Å²) in [6.45, 7) is 0.121. The molecule has 120 valence electrons. The molecule has 0 heterocycles. The summed E-state index contributed by atoms with van der Waals surface area (Å²) in [5, 5.41) is 5.85. The average Bonchev–Trinajstić information content (AvgIpc) is 2.51. The number of amides is 2. The van der Waals surface area contributed by atoms with Gasteiger partial charge in [0.15, 0.2) is 0 Å². The molecular formula is C16H13Cl2FN2O2. The molecule has 0 radical (unpaired) electrons. The molecule has 0 fully saturated rings. The first-order valence-corrected chi connectivity index (χ1v) is 7.50. The number of rotatable bonds is 5. The number of halogens is 3. The van der Waals surface area contributed by atoms with Crippen molar-refractivity contribution < 1.29 is 14.0 Å². The number of carbonyl (C=O) groups is 2. The van der Waals surface area contributed by atoms with E-state index in [2.05, 4.69) is 10.6 Å². The van der Waals surface area contributed by atoms with Crippen molar-refractivity contribution in [2.24, 2.45) is 0 Å². The van der Waals surface area contributed by atoms with Crippen molar-refractivity contribution in [3.63, 3.8) is 0 Å². The SMILES string of the molecule is O=C(CCNC(=O)c1ccc(Cl)cc1)Nc1cc(Cl)ccc1F. The van der Waals surface area contributed by atoms with E-state index in [1.54, 1.807) is 24.3 Å². The second kappa shape index (κ2) is 7.94. The zero-order valence-electron chi connectivity index (χ0n) is 11.9. The van der Waals surface area contributed by atoms with E-state index in [0.717, 1.165) is 0 Å². The Morgan fingerprint density at radius 1 is 1.00 bits per heavy atom. The summed E-state index contributed by atoms with van der Waals surface area (Å²) in [6.07, 6.45) is 0.00524. The molecule has 0 spiro atoms. The van der Waals surface area contributed by atoms with E-state index < -0.39 is 11.7 Å². The summed E-state index contributed by atoms with van der Waals surface area (Å²) in [6, 6.07) is 10.2. The highest BCUT2D eigenvalue weighted by Gasteiger charge is 2.09. The lowest BCUT2D eigenvalue weighted by molar-refractivity contribution is -0.116. The molecule has 23 heavy (non-hydrogen) atoms. The molecule has 4 nitrogen and oxygen atoms in total. The zero-order valence-corrected chi connectivity index (χ0v) is 13.4. The molecule has 0 aliphatic carbocycles. The van der Waals surface area contributed by atoms with Crippen molar-refractivity contribution >= 4 is 40.7 Å². The van der Waals surface area contributed by atoms with Crippen LogP contribution >= 0.6 is 23.2 Å². The Labute approximate surface area is 142 Å². The first-order chi connectivity index (χ1) is 11.0. The molecule has 0 aromatic heterocycles. The summed E-state index contributed by atoms with van der Waals surface area (Å²) in [4.78, 5) is 23.6. The van der Waals surface area contributed by atoms with Gasteiger partial charge in [-0.2, -0.15) is 0 Å². The van der Waals surface area contributed by atoms with Crippen LogP contribution in [-0.2, 0) is 4.79 Å². The molecule has 2 aromatic carbocycles. The van der Waals surface area contributed by atoms with Crippen LogP contribution in [0.2, 0.25) is 10.0 Å². The van der Waals surface area contributed by atoms with Gasteiger partial charge in [0.25, 0.3) is 5.91 Å². The third kappa shape index (κ3) is 5.23. The number of benzene rings is 2. The van der Waals surface area contributed by atoms with Crippen LogP contribution in [0.15, 0.2) is 42.5 Å². The van der Waals surface area contributed by atoms with Gasteiger partial charge in [-0.25, -0.2) is 4.39 Å².